The number of nitrogens with one attached hydrogen (secondary N) is 1. The van der Waals surface area contributed by atoms with Crippen LogP contribution in [0.25, 0.3) is 27.8 Å². The van der Waals surface area contributed by atoms with Crippen molar-refractivity contribution in [2.45, 2.75) is 6.92 Å². The molecule has 1 heterocycles. The van der Waals surface area contributed by atoms with E-state index in [4.69, 9.17) is 0 Å². The van der Waals surface area contributed by atoms with E-state index in [-0.39, 0.29) is 11.7 Å². The van der Waals surface area contributed by atoms with Crippen LogP contribution in [0.1, 0.15) is 16.2 Å². The Morgan fingerprint density at radius 3 is 2.38 bits per heavy atom. The summed E-state index contributed by atoms with van der Waals surface area (Å²) in [7, 11) is 0. The third-order valence-corrected chi connectivity index (χ3v) is 5.79. The predicted octanol–water partition coefficient (Wildman–Crippen LogP) is 6.41. The van der Waals surface area contributed by atoms with Crippen molar-refractivity contribution in [3.63, 3.8) is 0 Å². The molecule has 0 aliphatic rings. The number of carbonyl (C=O) groups excluding carboxylic acids is 1. The van der Waals surface area contributed by atoms with E-state index < -0.39 is 0 Å². The van der Waals surface area contributed by atoms with Gasteiger partial charge in [-0.15, -0.1) is 5.10 Å². The van der Waals surface area contributed by atoms with Crippen molar-refractivity contribution >= 4 is 38.3 Å². The lowest BCUT2D eigenvalue weighted by molar-refractivity contribution is 0.101. The molecule has 0 aliphatic heterocycles. The highest BCUT2D eigenvalue weighted by molar-refractivity contribution is 9.10. The first-order chi connectivity index (χ1) is 15.6. The van der Waals surface area contributed by atoms with E-state index in [0.717, 1.165) is 32.1 Å². The number of nitrogens with zero attached hydrogens (tertiary/aromatic N) is 3. The van der Waals surface area contributed by atoms with Crippen LogP contribution in [0.15, 0.2) is 95.5 Å². The molecule has 0 radical (unpaired) electrons. The van der Waals surface area contributed by atoms with E-state index in [1.165, 1.54) is 0 Å². The fourth-order valence-corrected chi connectivity index (χ4v) is 3.88. The van der Waals surface area contributed by atoms with Gasteiger partial charge in [-0.2, -0.15) is 0 Å². The van der Waals surface area contributed by atoms with Crippen LogP contribution in [-0.4, -0.2) is 20.7 Å². The van der Waals surface area contributed by atoms with Crippen LogP contribution >= 0.6 is 15.9 Å². The normalized spacial score (nSPS) is 10.9. The number of rotatable bonds is 4. The first-order valence-electron chi connectivity index (χ1n) is 10.2. The number of benzene rings is 4. The maximum Gasteiger partial charge on any atom is 0.295 e. The summed E-state index contributed by atoms with van der Waals surface area (Å²) >= 11 is 3.47. The molecule has 5 rings (SSSR count). The average Bonchev–Trinajstić information content (AvgIpc) is 3.25. The Labute approximate surface area is 193 Å². The average molecular weight is 483 g/mol. The van der Waals surface area contributed by atoms with Gasteiger partial charge in [0.25, 0.3) is 5.91 Å². The number of fused-ring (bicyclic) bond motifs is 1. The molecule has 32 heavy (non-hydrogen) atoms. The Morgan fingerprint density at radius 2 is 1.59 bits per heavy atom. The van der Waals surface area contributed by atoms with Crippen LogP contribution in [0.4, 0.5) is 5.69 Å². The van der Waals surface area contributed by atoms with Gasteiger partial charge in [0.2, 0.25) is 5.82 Å². The van der Waals surface area contributed by atoms with Crippen molar-refractivity contribution in [2.24, 2.45) is 0 Å². The molecule has 1 N–H and O–H groups in total. The number of amides is 1. The molecule has 0 unspecified atom stereocenters. The van der Waals surface area contributed by atoms with Crippen molar-refractivity contribution in [1.29, 1.82) is 0 Å². The van der Waals surface area contributed by atoms with Crippen molar-refractivity contribution in [2.75, 3.05) is 5.32 Å². The van der Waals surface area contributed by atoms with E-state index in [1.807, 2.05) is 97.9 Å². The van der Waals surface area contributed by atoms with Gasteiger partial charge in [-0.05, 0) is 53.6 Å². The molecule has 0 spiro atoms. The number of aryl methyl sites for hydroxylation is 1. The van der Waals surface area contributed by atoms with Gasteiger partial charge in [-0.3, -0.25) is 4.79 Å². The van der Waals surface area contributed by atoms with Gasteiger partial charge >= 0.3 is 0 Å². The van der Waals surface area contributed by atoms with E-state index in [0.29, 0.717) is 11.5 Å². The molecule has 0 atom stereocenters. The quantitative estimate of drug-likeness (QED) is 0.321. The molecule has 0 saturated carbocycles. The minimum absolute atomic E-state index is 0.110. The van der Waals surface area contributed by atoms with Gasteiger partial charge in [0.05, 0.1) is 5.69 Å². The zero-order valence-electron chi connectivity index (χ0n) is 17.3. The number of carbonyl (C=O) groups is 1. The SMILES string of the molecule is Cc1ccccc1-n1nc(C(=O)Nc2ccc3ccccc3c2)nc1-c1ccc(Br)cc1. The lowest BCUT2D eigenvalue weighted by Crippen LogP contribution is -2.14. The predicted molar refractivity (Wildman–Crippen MR) is 131 cm³/mol. The Hall–Kier alpha value is -3.77. The third kappa shape index (κ3) is 3.92. The Kier molecular flexibility index (Phi) is 5.29. The summed E-state index contributed by atoms with van der Waals surface area (Å²) in [6.07, 6.45) is 0. The van der Waals surface area contributed by atoms with Gasteiger partial charge < -0.3 is 5.32 Å². The maximum absolute atomic E-state index is 13.1. The minimum atomic E-state index is -0.356. The Bertz CT molecular complexity index is 1440. The van der Waals surface area contributed by atoms with Crippen LogP contribution in [0.5, 0.6) is 0 Å². The molecule has 0 bridgehead atoms. The lowest BCUT2D eigenvalue weighted by atomic mass is 10.1. The van der Waals surface area contributed by atoms with Crippen molar-refractivity contribution in [1.82, 2.24) is 14.8 Å². The molecule has 4 aromatic carbocycles. The van der Waals surface area contributed by atoms with Gasteiger partial charge in [0, 0.05) is 15.7 Å². The number of halogens is 1. The molecule has 0 fully saturated rings. The second kappa shape index (κ2) is 8.40. The zero-order valence-corrected chi connectivity index (χ0v) is 18.9. The fourth-order valence-electron chi connectivity index (χ4n) is 3.62. The summed E-state index contributed by atoms with van der Waals surface area (Å²) in [6.45, 7) is 2.01. The van der Waals surface area contributed by atoms with E-state index >= 15 is 0 Å². The largest absolute Gasteiger partial charge is 0.319 e. The van der Waals surface area contributed by atoms with E-state index in [1.54, 1.807) is 4.68 Å². The first-order valence-corrected chi connectivity index (χ1v) is 11.0. The molecular formula is C26H19BrN4O. The van der Waals surface area contributed by atoms with Crippen LogP contribution in [-0.2, 0) is 0 Å². The van der Waals surface area contributed by atoms with Crippen LogP contribution < -0.4 is 5.32 Å². The summed E-state index contributed by atoms with van der Waals surface area (Å²) < 4.78 is 2.70. The summed E-state index contributed by atoms with van der Waals surface area (Å²) in [5.41, 5.74) is 3.49. The Balaban J connectivity index is 1.54. The summed E-state index contributed by atoms with van der Waals surface area (Å²) in [5, 5.41) is 9.68. The molecule has 1 aromatic heterocycles. The molecule has 1 amide bonds. The van der Waals surface area contributed by atoms with Gasteiger partial charge in [-0.25, -0.2) is 9.67 Å². The monoisotopic (exact) mass is 482 g/mol. The summed E-state index contributed by atoms with van der Waals surface area (Å²) in [5.74, 6) is 0.362. The van der Waals surface area contributed by atoms with Gasteiger partial charge in [-0.1, -0.05) is 76.6 Å². The molecule has 0 aliphatic carbocycles. The number of anilines is 1. The molecule has 156 valence electrons. The molecule has 0 saturated heterocycles. The number of aromatic nitrogens is 3. The molecule has 5 nitrogen and oxygen atoms in total. The molecule has 5 aromatic rings. The molecular weight excluding hydrogens is 464 g/mol. The third-order valence-electron chi connectivity index (χ3n) is 5.26. The first kappa shape index (κ1) is 20.2. The second-order valence-corrected chi connectivity index (χ2v) is 8.40. The summed E-state index contributed by atoms with van der Waals surface area (Å²) in [4.78, 5) is 17.7. The highest BCUT2D eigenvalue weighted by atomic mass is 79.9. The van der Waals surface area contributed by atoms with Crippen molar-refractivity contribution in [3.8, 4) is 17.1 Å². The number of hydrogen-bond acceptors (Lipinski definition) is 3. The standard InChI is InChI=1S/C26H19BrN4O/c1-17-6-2-5-9-23(17)31-25(19-10-13-21(27)14-11-19)29-24(30-31)26(32)28-22-15-12-18-7-3-4-8-20(18)16-22/h2-16H,1H3,(H,28,32). The maximum atomic E-state index is 13.1. The topological polar surface area (TPSA) is 59.8 Å². The van der Waals surface area contributed by atoms with Gasteiger partial charge in [0.15, 0.2) is 5.82 Å². The van der Waals surface area contributed by atoms with Crippen LogP contribution in [0, 0.1) is 6.92 Å². The minimum Gasteiger partial charge on any atom is -0.319 e. The van der Waals surface area contributed by atoms with Crippen LogP contribution in [0.2, 0.25) is 0 Å². The lowest BCUT2D eigenvalue weighted by Gasteiger charge is -2.08. The molecule has 6 heteroatoms. The summed E-state index contributed by atoms with van der Waals surface area (Å²) in [6, 6.07) is 29.5. The number of para-hydroxylation sites is 1. The number of hydrogen-bond donors (Lipinski definition) is 1. The zero-order chi connectivity index (χ0) is 22.1. The van der Waals surface area contributed by atoms with E-state index in [9.17, 15) is 4.79 Å². The highest BCUT2D eigenvalue weighted by Crippen LogP contribution is 2.25. The van der Waals surface area contributed by atoms with Crippen molar-refractivity contribution < 1.29 is 4.79 Å². The Morgan fingerprint density at radius 1 is 0.875 bits per heavy atom. The van der Waals surface area contributed by atoms with E-state index in [2.05, 4.69) is 31.3 Å². The van der Waals surface area contributed by atoms with Crippen molar-refractivity contribution in [3.05, 3.63) is 107 Å². The highest BCUT2D eigenvalue weighted by Gasteiger charge is 2.20. The second-order valence-electron chi connectivity index (χ2n) is 7.48. The van der Waals surface area contributed by atoms with Crippen LogP contribution in [0.3, 0.4) is 0 Å². The fraction of sp³-hybridized carbons (Fsp3) is 0.0385. The van der Waals surface area contributed by atoms with Gasteiger partial charge in [0.1, 0.15) is 0 Å². The smallest absolute Gasteiger partial charge is 0.295 e.